The lowest BCUT2D eigenvalue weighted by Gasteiger charge is -2.11. The van der Waals surface area contributed by atoms with Crippen LogP contribution in [0.4, 0.5) is 30.2 Å². The van der Waals surface area contributed by atoms with Crippen molar-refractivity contribution in [2.75, 3.05) is 29.6 Å². The van der Waals surface area contributed by atoms with Gasteiger partial charge in [-0.2, -0.15) is 13.2 Å². The maximum atomic E-state index is 12.8. The molecule has 32 heavy (non-hydrogen) atoms. The van der Waals surface area contributed by atoms with E-state index in [4.69, 9.17) is 4.74 Å². The summed E-state index contributed by atoms with van der Waals surface area (Å²) in [4.78, 5) is 24.7. The Hall–Kier alpha value is -4.01. The van der Waals surface area contributed by atoms with Crippen molar-refractivity contribution in [1.82, 2.24) is 0 Å². The van der Waals surface area contributed by atoms with Crippen molar-refractivity contribution >= 4 is 28.9 Å². The van der Waals surface area contributed by atoms with E-state index in [1.54, 1.807) is 43.5 Å². The van der Waals surface area contributed by atoms with Gasteiger partial charge in [-0.05, 0) is 60.7 Å². The third-order valence-corrected chi connectivity index (χ3v) is 4.40. The molecule has 0 radical (unpaired) electrons. The van der Waals surface area contributed by atoms with Crippen LogP contribution in [0.3, 0.4) is 0 Å². The predicted octanol–water partition coefficient (Wildman–Crippen LogP) is 5.02. The first-order chi connectivity index (χ1) is 15.2. The molecule has 3 N–H and O–H groups in total. The molecule has 0 aliphatic heterocycles. The number of halogens is 3. The van der Waals surface area contributed by atoms with Crippen molar-refractivity contribution in [3.05, 3.63) is 83.9 Å². The van der Waals surface area contributed by atoms with E-state index in [1.807, 2.05) is 0 Å². The van der Waals surface area contributed by atoms with Gasteiger partial charge in [-0.25, -0.2) is 0 Å². The number of hydrogen-bond donors (Lipinski definition) is 3. The summed E-state index contributed by atoms with van der Waals surface area (Å²) >= 11 is 0. The third-order valence-electron chi connectivity index (χ3n) is 4.40. The highest BCUT2D eigenvalue weighted by Crippen LogP contribution is 2.30. The summed E-state index contributed by atoms with van der Waals surface area (Å²) in [6.45, 7) is -0.00696. The van der Waals surface area contributed by atoms with Crippen LogP contribution in [0, 0.1) is 0 Å². The fraction of sp³-hybridized carbons (Fsp3) is 0.130. The summed E-state index contributed by atoms with van der Waals surface area (Å²) in [5, 5.41) is 8.07. The van der Waals surface area contributed by atoms with Crippen molar-refractivity contribution in [3.63, 3.8) is 0 Å². The Morgan fingerprint density at radius 2 is 1.50 bits per heavy atom. The first kappa shape index (κ1) is 22.7. The molecule has 3 rings (SSSR count). The van der Waals surface area contributed by atoms with Crippen LogP contribution in [0.5, 0.6) is 5.75 Å². The number of carbonyl (C=O) groups is 2. The number of rotatable bonds is 7. The molecule has 0 atom stereocenters. The smallest absolute Gasteiger partial charge is 0.416 e. The monoisotopic (exact) mass is 443 g/mol. The molecular weight excluding hydrogens is 423 g/mol. The summed E-state index contributed by atoms with van der Waals surface area (Å²) in [5.74, 6) is -0.242. The molecule has 0 saturated carbocycles. The number of amides is 2. The maximum absolute atomic E-state index is 12.8. The van der Waals surface area contributed by atoms with Crippen molar-refractivity contribution in [1.29, 1.82) is 0 Å². The highest BCUT2D eigenvalue weighted by molar-refractivity contribution is 6.05. The fourth-order valence-electron chi connectivity index (χ4n) is 2.81. The minimum absolute atomic E-state index is 0.00696. The van der Waals surface area contributed by atoms with Gasteiger partial charge in [-0.1, -0.05) is 12.1 Å². The van der Waals surface area contributed by atoms with E-state index in [1.165, 1.54) is 24.3 Å². The summed E-state index contributed by atoms with van der Waals surface area (Å²) in [7, 11) is 1.56. The first-order valence-electron chi connectivity index (χ1n) is 9.51. The zero-order chi connectivity index (χ0) is 23.1. The van der Waals surface area contributed by atoms with Gasteiger partial charge in [0.2, 0.25) is 5.91 Å². The van der Waals surface area contributed by atoms with Crippen LogP contribution in [-0.4, -0.2) is 25.5 Å². The van der Waals surface area contributed by atoms with Crippen LogP contribution < -0.4 is 20.7 Å². The average molecular weight is 443 g/mol. The van der Waals surface area contributed by atoms with Gasteiger partial charge in [0.15, 0.2) is 0 Å². The van der Waals surface area contributed by atoms with Crippen LogP contribution in [-0.2, 0) is 11.0 Å². The highest BCUT2D eigenvalue weighted by atomic mass is 19.4. The maximum Gasteiger partial charge on any atom is 0.416 e. The minimum Gasteiger partial charge on any atom is -0.497 e. The SMILES string of the molecule is COc1ccc(NCC(=O)Nc2cccc(C(=O)Nc3cccc(C(F)(F)F)c3)c2)cc1. The zero-order valence-corrected chi connectivity index (χ0v) is 17.0. The predicted molar refractivity (Wildman–Crippen MR) is 116 cm³/mol. The molecule has 0 aliphatic carbocycles. The molecule has 0 aliphatic rings. The van der Waals surface area contributed by atoms with Crippen LogP contribution in [0.25, 0.3) is 0 Å². The molecule has 2 amide bonds. The van der Waals surface area contributed by atoms with Crippen molar-refractivity contribution in [2.45, 2.75) is 6.18 Å². The largest absolute Gasteiger partial charge is 0.497 e. The zero-order valence-electron chi connectivity index (χ0n) is 17.0. The molecule has 166 valence electrons. The van der Waals surface area contributed by atoms with Gasteiger partial charge >= 0.3 is 6.18 Å². The van der Waals surface area contributed by atoms with E-state index in [-0.39, 0.29) is 23.7 Å². The molecule has 3 aromatic rings. The molecule has 0 fully saturated rings. The number of hydrogen-bond acceptors (Lipinski definition) is 4. The van der Waals surface area contributed by atoms with E-state index in [0.29, 0.717) is 11.4 Å². The number of carbonyl (C=O) groups excluding carboxylic acids is 2. The van der Waals surface area contributed by atoms with Crippen molar-refractivity contribution < 1.29 is 27.5 Å². The van der Waals surface area contributed by atoms with Gasteiger partial charge in [0, 0.05) is 22.6 Å². The molecule has 0 saturated heterocycles. The first-order valence-corrected chi connectivity index (χ1v) is 9.51. The molecule has 3 aromatic carbocycles. The van der Waals surface area contributed by atoms with Gasteiger partial charge in [0.25, 0.3) is 5.91 Å². The lowest BCUT2D eigenvalue weighted by Crippen LogP contribution is -2.22. The van der Waals surface area contributed by atoms with Crippen LogP contribution in [0.15, 0.2) is 72.8 Å². The molecule has 0 spiro atoms. The summed E-state index contributed by atoms with van der Waals surface area (Å²) in [6, 6.07) is 17.5. The second-order valence-electron chi connectivity index (χ2n) is 6.74. The van der Waals surface area contributed by atoms with Crippen molar-refractivity contribution in [2.24, 2.45) is 0 Å². The minimum atomic E-state index is -4.51. The molecule has 6 nitrogen and oxygen atoms in total. The lowest BCUT2D eigenvalue weighted by molar-refractivity contribution is -0.137. The molecule has 0 bridgehead atoms. The Morgan fingerprint density at radius 1 is 0.844 bits per heavy atom. The Labute approximate surface area is 182 Å². The number of alkyl halides is 3. The van der Waals surface area contributed by atoms with E-state index in [0.717, 1.165) is 17.8 Å². The summed E-state index contributed by atoms with van der Waals surface area (Å²) < 4.78 is 43.6. The normalized spacial score (nSPS) is 10.9. The van der Waals surface area contributed by atoms with E-state index in [2.05, 4.69) is 16.0 Å². The van der Waals surface area contributed by atoms with Crippen LogP contribution in [0.1, 0.15) is 15.9 Å². The number of benzene rings is 3. The van der Waals surface area contributed by atoms with E-state index < -0.39 is 17.6 Å². The topological polar surface area (TPSA) is 79.5 Å². The second kappa shape index (κ2) is 9.86. The Kier molecular flexibility index (Phi) is 6.99. The number of methoxy groups -OCH3 is 1. The molecule has 9 heteroatoms. The third kappa shape index (κ3) is 6.24. The molecule has 0 unspecified atom stereocenters. The number of anilines is 3. The fourth-order valence-corrected chi connectivity index (χ4v) is 2.81. The van der Waals surface area contributed by atoms with E-state index in [9.17, 15) is 22.8 Å². The van der Waals surface area contributed by atoms with Gasteiger partial charge in [0.05, 0.1) is 19.2 Å². The summed E-state index contributed by atoms with van der Waals surface area (Å²) in [6.07, 6.45) is -4.51. The lowest BCUT2D eigenvalue weighted by atomic mass is 10.1. The van der Waals surface area contributed by atoms with Gasteiger partial charge in [-0.3, -0.25) is 9.59 Å². The molecule has 0 heterocycles. The standard InChI is InChI=1S/C23H20F3N3O3/c1-32-20-10-8-17(9-11-20)27-14-21(30)28-18-6-2-4-15(12-18)22(31)29-19-7-3-5-16(13-19)23(24,25)26/h2-13,27H,14H2,1H3,(H,28,30)(H,29,31). The molecule has 0 aromatic heterocycles. The van der Waals surface area contributed by atoms with Gasteiger partial charge < -0.3 is 20.7 Å². The summed E-state index contributed by atoms with van der Waals surface area (Å²) in [5.41, 5.74) is 0.449. The second-order valence-corrected chi connectivity index (χ2v) is 6.74. The van der Waals surface area contributed by atoms with Crippen LogP contribution in [0.2, 0.25) is 0 Å². The van der Waals surface area contributed by atoms with E-state index >= 15 is 0 Å². The van der Waals surface area contributed by atoms with Gasteiger partial charge in [0.1, 0.15) is 5.75 Å². The van der Waals surface area contributed by atoms with Crippen LogP contribution >= 0.6 is 0 Å². The number of nitrogens with one attached hydrogen (secondary N) is 3. The highest BCUT2D eigenvalue weighted by Gasteiger charge is 2.30. The average Bonchev–Trinajstić information content (AvgIpc) is 2.78. The Balaban J connectivity index is 1.59. The van der Waals surface area contributed by atoms with Crippen molar-refractivity contribution in [3.8, 4) is 5.75 Å². The Bertz CT molecular complexity index is 1100. The Morgan fingerprint density at radius 3 is 2.16 bits per heavy atom. The van der Waals surface area contributed by atoms with Gasteiger partial charge in [-0.15, -0.1) is 0 Å². The molecular formula is C23H20F3N3O3. The number of ether oxygens (including phenoxy) is 1. The quantitative estimate of drug-likeness (QED) is 0.479.